The molecule has 0 radical (unpaired) electrons. The first kappa shape index (κ1) is 13.5. The lowest BCUT2D eigenvalue weighted by atomic mass is 10.0. The van der Waals surface area contributed by atoms with Crippen molar-refractivity contribution in [3.8, 4) is 5.75 Å². The summed E-state index contributed by atoms with van der Waals surface area (Å²) in [7, 11) is 1.65. The molecule has 1 aromatic carbocycles. The average Bonchev–Trinajstić information content (AvgIpc) is 2.91. The molecular formula is C15H18N2O2S. The summed E-state index contributed by atoms with van der Waals surface area (Å²) in [6.07, 6.45) is 2.61. The Kier molecular flexibility index (Phi) is 3.72. The van der Waals surface area contributed by atoms with Crippen LogP contribution in [-0.2, 0) is 0 Å². The van der Waals surface area contributed by atoms with Gasteiger partial charge in [-0.15, -0.1) is 0 Å². The fourth-order valence-corrected chi connectivity index (χ4v) is 3.76. The van der Waals surface area contributed by atoms with Crippen LogP contribution in [0.1, 0.15) is 6.42 Å². The minimum atomic E-state index is -0.598. The van der Waals surface area contributed by atoms with E-state index in [1.54, 1.807) is 25.1 Å². The number of hydrogen-bond donors (Lipinski definition) is 2. The normalized spacial score (nSPS) is 22.1. The largest absolute Gasteiger partial charge is 0.494 e. The monoisotopic (exact) mass is 290 g/mol. The maximum atomic E-state index is 10.4. The first-order valence-electron chi connectivity index (χ1n) is 6.68. The van der Waals surface area contributed by atoms with Gasteiger partial charge in [0.25, 0.3) is 0 Å². The van der Waals surface area contributed by atoms with Crippen LogP contribution in [0.2, 0.25) is 0 Å². The van der Waals surface area contributed by atoms with Gasteiger partial charge < -0.3 is 15.2 Å². The SMILES string of the molecule is COc1cccc2c(NCC3(O)CCSC3)ccnc12. The minimum Gasteiger partial charge on any atom is -0.494 e. The molecule has 0 spiro atoms. The van der Waals surface area contributed by atoms with E-state index in [9.17, 15) is 5.11 Å². The van der Waals surface area contributed by atoms with E-state index < -0.39 is 5.60 Å². The molecule has 4 nitrogen and oxygen atoms in total. The third-order valence-corrected chi connectivity index (χ3v) is 4.88. The zero-order valence-electron chi connectivity index (χ0n) is 11.4. The van der Waals surface area contributed by atoms with Gasteiger partial charge in [-0.3, -0.25) is 4.98 Å². The summed E-state index contributed by atoms with van der Waals surface area (Å²) in [6.45, 7) is 0.566. The van der Waals surface area contributed by atoms with Gasteiger partial charge in [0.05, 0.1) is 12.7 Å². The molecular weight excluding hydrogens is 272 g/mol. The van der Waals surface area contributed by atoms with Gasteiger partial charge in [0.1, 0.15) is 11.3 Å². The van der Waals surface area contributed by atoms with E-state index in [4.69, 9.17) is 4.74 Å². The number of hydrogen-bond acceptors (Lipinski definition) is 5. The highest BCUT2D eigenvalue weighted by atomic mass is 32.2. The second kappa shape index (κ2) is 5.50. The van der Waals surface area contributed by atoms with E-state index >= 15 is 0 Å². The van der Waals surface area contributed by atoms with Crippen molar-refractivity contribution >= 4 is 28.4 Å². The van der Waals surface area contributed by atoms with E-state index in [1.807, 2.05) is 24.3 Å². The predicted octanol–water partition coefficient (Wildman–Crippen LogP) is 2.52. The Morgan fingerprint density at radius 3 is 3.10 bits per heavy atom. The topological polar surface area (TPSA) is 54.4 Å². The van der Waals surface area contributed by atoms with Crippen molar-refractivity contribution in [2.24, 2.45) is 0 Å². The first-order chi connectivity index (χ1) is 9.72. The first-order valence-corrected chi connectivity index (χ1v) is 7.83. The summed E-state index contributed by atoms with van der Waals surface area (Å²) in [4.78, 5) is 4.38. The molecule has 1 atom stereocenters. The Morgan fingerprint density at radius 1 is 1.45 bits per heavy atom. The molecule has 0 amide bonds. The maximum absolute atomic E-state index is 10.4. The molecule has 2 N–H and O–H groups in total. The number of ether oxygens (including phenoxy) is 1. The van der Waals surface area contributed by atoms with Crippen molar-refractivity contribution in [2.45, 2.75) is 12.0 Å². The molecule has 1 saturated heterocycles. The molecule has 0 bridgehead atoms. The number of fused-ring (bicyclic) bond motifs is 1. The number of para-hydroxylation sites is 1. The molecule has 1 unspecified atom stereocenters. The molecule has 5 heteroatoms. The molecule has 106 valence electrons. The summed E-state index contributed by atoms with van der Waals surface area (Å²) in [5, 5.41) is 14.8. The molecule has 1 aromatic heterocycles. The fraction of sp³-hybridized carbons (Fsp3) is 0.400. The predicted molar refractivity (Wildman–Crippen MR) is 83.7 cm³/mol. The fourth-order valence-electron chi connectivity index (χ4n) is 2.46. The number of rotatable bonds is 4. The molecule has 1 fully saturated rings. The summed E-state index contributed by atoms with van der Waals surface area (Å²) in [5.74, 6) is 2.59. The van der Waals surface area contributed by atoms with Gasteiger partial charge in [0.2, 0.25) is 0 Å². The highest BCUT2D eigenvalue weighted by Crippen LogP contribution is 2.31. The average molecular weight is 290 g/mol. The van der Waals surface area contributed by atoms with Crippen LogP contribution in [0.15, 0.2) is 30.5 Å². The summed E-state index contributed by atoms with van der Waals surface area (Å²) in [6, 6.07) is 7.81. The van der Waals surface area contributed by atoms with Gasteiger partial charge in [-0.2, -0.15) is 11.8 Å². The van der Waals surface area contributed by atoms with E-state index in [2.05, 4.69) is 10.3 Å². The second-order valence-electron chi connectivity index (χ2n) is 5.10. The van der Waals surface area contributed by atoms with Crippen molar-refractivity contribution < 1.29 is 9.84 Å². The number of benzene rings is 1. The molecule has 3 rings (SSSR count). The van der Waals surface area contributed by atoms with Crippen molar-refractivity contribution in [1.29, 1.82) is 0 Å². The van der Waals surface area contributed by atoms with E-state index in [0.717, 1.165) is 40.3 Å². The lowest BCUT2D eigenvalue weighted by Crippen LogP contribution is -2.36. The quantitative estimate of drug-likeness (QED) is 0.906. The molecule has 20 heavy (non-hydrogen) atoms. The summed E-state index contributed by atoms with van der Waals surface area (Å²) < 4.78 is 5.34. The Morgan fingerprint density at radius 2 is 2.35 bits per heavy atom. The van der Waals surface area contributed by atoms with Crippen LogP contribution in [0.5, 0.6) is 5.75 Å². The van der Waals surface area contributed by atoms with Crippen LogP contribution in [0.25, 0.3) is 10.9 Å². The number of nitrogens with one attached hydrogen (secondary N) is 1. The standard InChI is InChI=1S/C15H18N2O2S/c1-19-13-4-2-3-11-12(5-7-16-14(11)13)17-9-15(18)6-8-20-10-15/h2-5,7,18H,6,8-10H2,1H3,(H,16,17). The molecule has 2 heterocycles. The number of nitrogens with zero attached hydrogens (tertiary/aromatic N) is 1. The van der Waals surface area contributed by atoms with Crippen molar-refractivity contribution in [2.75, 3.05) is 30.5 Å². The summed E-state index contributed by atoms with van der Waals surface area (Å²) >= 11 is 1.80. The van der Waals surface area contributed by atoms with Gasteiger partial charge in [-0.05, 0) is 24.3 Å². The van der Waals surface area contributed by atoms with Crippen molar-refractivity contribution in [3.05, 3.63) is 30.5 Å². The second-order valence-corrected chi connectivity index (χ2v) is 6.20. The highest BCUT2D eigenvalue weighted by Gasteiger charge is 2.31. The van der Waals surface area contributed by atoms with Gasteiger partial charge >= 0.3 is 0 Å². The van der Waals surface area contributed by atoms with Gasteiger partial charge in [0, 0.05) is 29.6 Å². The van der Waals surface area contributed by atoms with Gasteiger partial charge in [-0.25, -0.2) is 0 Å². The van der Waals surface area contributed by atoms with Crippen molar-refractivity contribution in [3.63, 3.8) is 0 Å². The zero-order chi connectivity index (χ0) is 14.0. The van der Waals surface area contributed by atoms with Crippen LogP contribution in [0.4, 0.5) is 5.69 Å². The van der Waals surface area contributed by atoms with E-state index in [0.29, 0.717) is 6.54 Å². The number of methoxy groups -OCH3 is 1. The van der Waals surface area contributed by atoms with E-state index in [1.165, 1.54) is 0 Å². The number of aromatic nitrogens is 1. The minimum absolute atomic E-state index is 0.566. The highest BCUT2D eigenvalue weighted by molar-refractivity contribution is 7.99. The van der Waals surface area contributed by atoms with Crippen LogP contribution in [0, 0.1) is 0 Å². The van der Waals surface area contributed by atoms with Crippen molar-refractivity contribution in [1.82, 2.24) is 4.98 Å². The smallest absolute Gasteiger partial charge is 0.145 e. The number of pyridine rings is 1. The number of thioether (sulfide) groups is 1. The van der Waals surface area contributed by atoms with Crippen LogP contribution in [0.3, 0.4) is 0 Å². The maximum Gasteiger partial charge on any atom is 0.145 e. The van der Waals surface area contributed by atoms with Crippen LogP contribution >= 0.6 is 11.8 Å². The number of aliphatic hydroxyl groups is 1. The molecule has 2 aromatic rings. The Balaban J connectivity index is 1.88. The van der Waals surface area contributed by atoms with E-state index in [-0.39, 0.29) is 0 Å². The third-order valence-electron chi connectivity index (χ3n) is 3.64. The Hall–Kier alpha value is -1.46. The molecule has 1 aliphatic heterocycles. The molecule has 1 aliphatic rings. The lowest BCUT2D eigenvalue weighted by Gasteiger charge is -2.22. The zero-order valence-corrected chi connectivity index (χ0v) is 12.2. The van der Waals surface area contributed by atoms with Crippen LogP contribution < -0.4 is 10.1 Å². The van der Waals surface area contributed by atoms with Gasteiger partial charge in [0.15, 0.2) is 0 Å². The molecule has 0 aliphatic carbocycles. The van der Waals surface area contributed by atoms with Crippen LogP contribution in [-0.4, -0.2) is 40.9 Å². The Labute approximate surface area is 122 Å². The Bertz CT molecular complexity index is 612. The van der Waals surface area contributed by atoms with Gasteiger partial charge in [-0.1, -0.05) is 12.1 Å². The molecule has 0 saturated carbocycles. The lowest BCUT2D eigenvalue weighted by molar-refractivity contribution is 0.0820. The number of anilines is 1. The third kappa shape index (κ3) is 2.55. The summed E-state index contributed by atoms with van der Waals surface area (Å²) in [5.41, 5.74) is 1.23.